The van der Waals surface area contributed by atoms with Crippen LogP contribution in [0.25, 0.3) is 10.2 Å². The molecule has 0 bridgehead atoms. The Hall–Kier alpha value is -3.52. The molecule has 1 N–H and O–H groups in total. The van der Waals surface area contributed by atoms with Crippen LogP contribution in [0.5, 0.6) is 0 Å². The van der Waals surface area contributed by atoms with Crippen LogP contribution in [0, 0.1) is 5.82 Å². The van der Waals surface area contributed by atoms with Crippen molar-refractivity contribution in [2.24, 2.45) is 0 Å². The largest absolute Gasteiger partial charge is 0.355 e. The highest BCUT2D eigenvalue weighted by molar-refractivity contribution is 7.17. The maximum Gasteiger partial charge on any atom is 0.332 e. The minimum atomic E-state index is -0.636. The number of carbonyl (C=O) groups is 1. The SMILES string of the molecule is O=C(Cn1c(=O)n(Cc2ccccc2F)c(=O)c2sccc21)NCCCc1ccccc1. The predicted octanol–water partition coefficient (Wildman–Crippen LogP) is 3.16. The van der Waals surface area contributed by atoms with Crippen molar-refractivity contribution in [3.8, 4) is 0 Å². The second kappa shape index (κ2) is 9.74. The average molecular weight is 452 g/mol. The molecule has 0 aliphatic rings. The first-order chi connectivity index (χ1) is 15.5. The van der Waals surface area contributed by atoms with E-state index in [2.05, 4.69) is 5.32 Å². The van der Waals surface area contributed by atoms with E-state index in [9.17, 15) is 18.8 Å². The third kappa shape index (κ3) is 4.70. The second-order valence-corrected chi connectivity index (χ2v) is 8.34. The lowest BCUT2D eigenvalue weighted by molar-refractivity contribution is -0.121. The Morgan fingerprint density at radius 3 is 2.50 bits per heavy atom. The minimum absolute atomic E-state index is 0.198. The van der Waals surface area contributed by atoms with Gasteiger partial charge in [-0.2, -0.15) is 0 Å². The Balaban J connectivity index is 1.52. The van der Waals surface area contributed by atoms with Gasteiger partial charge in [-0.15, -0.1) is 11.3 Å². The Morgan fingerprint density at radius 1 is 0.969 bits per heavy atom. The first kappa shape index (κ1) is 21.7. The standard InChI is InChI=1S/C24H22FN3O3S/c25-19-11-5-4-10-18(19)15-28-23(30)22-20(12-14-32-22)27(24(28)31)16-21(29)26-13-6-9-17-7-2-1-3-8-17/h1-5,7-8,10-12,14H,6,9,13,15-16H2,(H,26,29). The van der Waals surface area contributed by atoms with E-state index in [1.807, 2.05) is 30.3 Å². The monoisotopic (exact) mass is 451 g/mol. The smallest absolute Gasteiger partial charge is 0.332 e. The number of fused-ring (bicyclic) bond motifs is 1. The van der Waals surface area contributed by atoms with Crippen molar-refractivity contribution in [2.45, 2.75) is 25.9 Å². The number of nitrogens with one attached hydrogen (secondary N) is 1. The Morgan fingerprint density at radius 2 is 1.72 bits per heavy atom. The molecule has 164 valence electrons. The Bertz CT molecular complexity index is 1360. The molecule has 0 saturated heterocycles. The Kier molecular flexibility index (Phi) is 6.61. The molecule has 0 saturated carbocycles. The summed E-state index contributed by atoms with van der Waals surface area (Å²) in [5.74, 6) is -0.809. The van der Waals surface area contributed by atoms with E-state index >= 15 is 0 Å². The molecule has 2 aromatic heterocycles. The van der Waals surface area contributed by atoms with E-state index in [0.717, 1.165) is 17.4 Å². The normalized spacial score (nSPS) is 11.0. The molecule has 4 rings (SSSR count). The van der Waals surface area contributed by atoms with Gasteiger partial charge in [-0.25, -0.2) is 9.18 Å². The third-order valence-electron chi connectivity index (χ3n) is 5.23. The number of nitrogens with zero attached hydrogens (tertiary/aromatic N) is 2. The number of hydrogen-bond acceptors (Lipinski definition) is 4. The number of halogens is 1. The number of carbonyl (C=O) groups excluding carboxylic acids is 1. The van der Waals surface area contributed by atoms with Crippen LogP contribution < -0.4 is 16.6 Å². The van der Waals surface area contributed by atoms with Crippen LogP contribution in [0.3, 0.4) is 0 Å². The lowest BCUT2D eigenvalue weighted by Gasteiger charge is -2.13. The molecule has 0 aliphatic carbocycles. The summed E-state index contributed by atoms with van der Waals surface area (Å²) in [6, 6.07) is 17.6. The summed E-state index contributed by atoms with van der Waals surface area (Å²) >= 11 is 1.19. The summed E-state index contributed by atoms with van der Waals surface area (Å²) in [5.41, 5.74) is 0.721. The summed E-state index contributed by atoms with van der Waals surface area (Å²) in [4.78, 5) is 38.5. The van der Waals surface area contributed by atoms with Crippen molar-refractivity contribution in [1.82, 2.24) is 14.5 Å². The number of rotatable bonds is 8. The molecule has 0 aliphatic heterocycles. The summed E-state index contributed by atoms with van der Waals surface area (Å²) in [6.45, 7) is 0.0654. The zero-order valence-electron chi connectivity index (χ0n) is 17.3. The number of aromatic nitrogens is 2. The highest BCUT2D eigenvalue weighted by Gasteiger charge is 2.17. The molecule has 0 fully saturated rings. The van der Waals surface area contributed by atoms with Gasteiger partial charge in [-0.05, 0) is 35.9 Å². The van der Waals surface area contributed by atoms with Gasteiger partial charge in [0.1, 0.15) is 17.1 Å². The van der Waals surface area contributed by atoms with Gasteiger partial charge in [0, 0.05) is 12.1 Å². The lowest BCUT2D eigenvalue weighted by atomic mass is 10.1. The quantitative estimate of drug-likeness (QED) is 0.418. The van der Waals surface area contributed by atoms with Crippen LogP contribution in [-0.4, -0.2) is 21.6 Å². The van der Waals surface area contributed by atoms with Crippen LogP contribution in [0.1, 0.15) is 17.5 Å². The Labute approximate surface area is 187 Å². The molecule has 0 atom stereocenters. The molecule has 0 radical (unpaired) electrons. The zero-order valence-corrected chi connectivity index (χ0v) is 18.1. The lowest BCUT2D eigenvalue weighted by Crippen LogP contribution is -2.42. The van der Waals surface area contributed by atoms with Gasteiger partial charge >= 0.3 is 5.69 Å². The van der Waals surface area contributed by atoms with Crippen molar-refractivity contribution in [3.63, 3.8) is 0 Å². The van der Waals surface area contributed by atoms with E-state index in [4.69, 9.17) is 0 Å². The van der Waals surface area contributed by atoms with Crippen LogP contribution in [0.2, 0.25) is 0 Å². The van der Waals surface area contributed by atoms with Crippen LogP contribution in [-0.2, 0) is 24.3 Å². The highest BCUT2D eigenvalue weighted by Crippen LogP contribution is 2.16. The topological polar surface area (TPSA) is 73.1 Å². The number of benzene rings is 2. The zero-order chi connectivity index (χ0) is 22.5. The third-order valence-corrected chi connectivity index (χ3v) is 6.12. The fourth-order valence-electron chi connectivity index (χ4n) is 3.59. The number of hydrogen-bond donors (Lipinski definition) is 1. The summed E-state index contributed by atoms with van der Waals surface area (Å²) in [5, 5.41) is 4.54. The molecule has 4 aromatic rings. The van der Waals surface area contributed by atoms with Crippen molar-refractivity contribution >= 4 is 27.5 Å². The minimum Gasteiger partial charge on any atom is -0.355 e. The van der Waals surface area contributed by atoms with Gasteiger partial charge in [-0.1, -0.05) is 48.5 Å². The van der Waals surface area contributed by atoms with Gasteiger partial charge in [-0.3, -0.25) is 18.7 Å². The molecule has 2 aromatic carbocycles. The molecule has 1 amide bonds. The molecular formula is C24H22FN3O3S. The van der Waals surface area contributed by atoms with Crippen molar-refractivity contribution < 1.29 is 9.18 Å². The number of thiophene rings is 1. The van der Waals surface area contributed by atoms with Gasteiger partial charge in [0.15, 0.2) is 0 Å². The van der Waals surface area contributed by atoms with Crippen LogP contribution in [0.15, 0.2) is 75.6 Å². The van der Waals surface area contributed by atoms with E-state index in [0.29, 0.717) is 16.8 Å². The molecule has 2 heterocycles. The van der Waals surface area contributed by atoms with Crippen LogP contribution in [0.4, 0.5) is 4.39 Å². The highest BCUT2D eigenvalue weighted by atomic mass is 32.1. The van der Waals surface area contributed by atoms with Gasteiger partial charge in [0.05, 0.1) is 12.1 Å². The van der Waals surface area contributed by atoms with Crippen molar-refractivity contribution in [2.75, 3.05) is 6.54 Å². The number of amides is 1. The fourth-order valence-corrected chi connectivity index (χ4v) is 4.43. The summed E-state index contributed by atoms with van der Waals surface area (Å²) in [7, 11) is 0. The first-order valence-electron chi connectivity index (χ1n) is 10.3. The van der Waals surface area contributed by atoms with E-state index in [1.54, 1.807) is 23.6 Å². The summed E-state index contributed by atoms with van der Waals surface area (Å²) < 4.78 is 16.7. The molecule has 0 unspecified atom stereocenters. The molecule has 8 heteroatoms. The van der Waals surface area contributed by atoms with Crippen molar-refractivity contribution in [3.05, 3.63) is 104 Å². The molecular weight excluding hydrogens is 429 g/mol. The first-order valence-corrected chi connectivity index (χ1v) is 11.2. The van der Waals surface area contributed by atoms with E-state index in [1.165, 1.54) is 33.6 Å². The molecule has 0 spiro atoms. The fraction of sp³-hybridized carbons (Fsp3) is 0.208. The van der Waals surface area contributed by atoms with E-state index in [-0.39, 0.29) is 24.6 Å². The number of aryl methyl sites for hydroxylation is 1. The molecule has 6 nitrogen and oxygen atoms in total. The van der Waals surface area contributed by atoms with Gasteiger partial charge < -0.3 is 5.32 Å². The average Bonchev–Trinajstić information content (AvgIpc) is 3.29. The van der Waals surface area contributed by atoms with E-state index < -0.39 is 17.1 Å². The maximum atomic E-state index is 14.1. The van der Waals surface area contributed by atoms with Crippen molar-refractivity contribution in [1.29, 1.82) is 0 Å². The maximum absolute atomic E-state index is 14.1. The molecule has 32 heavy (non-hydrogen) atoms. The van der Waals surface area contributed by atoms with Crippen LogP contribution >= 0.6 is 11.3 Å². The van der Waals surface area contributed by atoms with Gasteiger partial charge in [0.2, 0.25) is 5.91 Å². The summed E-state index contributed by atoms with van der Waals surface area (Å²) in [6.07, 6.45) is 1.61. The second-order valence-electron chi connectivity index (χ2n) is 7.43. The predicted molar refractivity (Wildman–Crippen MR) is 124 cm³/mol. The van der Waals surface area contributed by atoms with Gasteiger partial charge in [0.25, 0.3) is 5.56 Å².